The van der Waals surface area contributed by atoms with Gasteiger partial charge in [0.2, 0.25) is 5.90 Å². The Labute approximate surface area is 179 Å². The first-order valence-electron chi connectivity index (χ1n) is 9.91. The van der Waals surface area contributed by atoms with Crippen LogP contribution in [0, 0.1) is 0 Å². The van der Waals surface area contributed by atoms with Crippen molar-refractivity contribution in [2.75, 3.05) is 13.2 Å². The number of rotatable bonds is 8. The molecule has 1 aromatic heterocycles. The molecule has 0 fully saturated rings. The molecule has 2 aromatic carbocycles. The Bertz CT molecular complexity index is 1110. The van der Waals surface area contributed by atoms with Gasteiger partial charge in [-0.05, 0) is 54.1 Å². The number of aliphatic imine (C=N–C) groups is 1. The topological polar surface area (TPSA) is 68.1 Å². The lowest BCUT2D eigenvalue weighted by Crippen LogP contribution is -2.16. The first-order chi connectivity index (χ1) is 14.6. The third-order valence-corrected chi connectivity index (χ3v) is 6.03. The van der Waals surface area contributed by atoms with Crippen LogP contribution in [0.2, 0.25) is 0 Å². The predicted octanol–water partition coefficient (Wildman–Crippen LogP) is 5.44. The fourth-order valence-corrected chi connectivity index (χ4v) is 4.38. The fourth-order valence-electron chi connectivity index (χ4n) is 3.42. The number of hydrogen-bond donors (Lipinski definition) is 1. The van der Waals surface area contributed by atoms with Crippen LogP contribution in [-0.4, -0.2) is 30.2 Å². The minimum Gasteiger partial charge on any atom is -0.493 e. The van der Waals surface area contributed by atoms with E-state index >= 15 is 0 Å². The van der Waals surface area contributed by atoms with Gasteiger partial charge in [-0.2, -0.15) is 0 Å². The zero-order valence-electron chi connectivity index (χ0n) is 16.8. The van der Waals surface area contributed by atoms with Crippen LogP contribution < -0.4 is 4.74 Å². The summed E-state index contributed by atoms with van der Waals surface area (Å²) in [6.45, 7) is 3.09. The number of aryl methyl sites for hydroxylation is 1. The van der Waals surface area contributed by atoms with Crippen LogP contribution in [0.4, 0.5) is 0 Å². The standard InChI is InChI=1S/C24H23NO4S/c1-16-15-29-24(18-5-3-2-4-6-18)25-20(16)11-13-28-21-9-7-17(8-10-22(26)27)23-19(21)12-14-30-23/h2-7,9,12,14H,8,10-11,13,15H2,1H3,(H,26,27). The van der Waals surface area contributed by atoms with Crippen molar-refractivity contribution in [2.24, 2.45) is 4.99 Å². The van der Waals surface area contributed by atoms with Gasteiger partial charge in [0.1, 0.15) is 12.4 Å². The molecule has 0 unspecified atom stereocenters. The van der Waals surface area contributed by atoms with E-state index in [9.17, 15) is 4.79 Å². The maximum Gasteiger partial charge on any atom is 0.303 e. The molecule has 0 radical (unpaired) electrons. The highest BCUT2D eigenvalue weighted by Crippen LogP contribution is 2.34. The Morgan fingerprint density at radius 3 is 2.80 bits per heavy atom. The van der Waals surface area contributed by atoms with Crippen LogP contribution in [0.3, 0.4) is 0 Å². The van der Waals surface area contributed by atoms with Crippen LogP contribution in [0.15, 0.2) is 70.2 Å². The Balaban J connectivity index is 1.45. The van der Waals surface area contributed by atoms with Crippen molar-refractivity contribution in [3.63, 3.8) is 0 Å². The Hall–Kier alpha value is -3.12. The Morgan fingerprint density at radius 2 is 2.00 bits per heavy atom. The minimum atomic E-state index is -0.782. The number of aliphatic carboxylic acids is 1. The smallest absolute Gasteiger partial charge is 0.303 e. The normalized spacial score (nSPS) is 13.8. The molecule has 30 heavy (non-hydrogen) atoms. The molecule has 0 bridgehead atoms. The lowest BCUT2D eigenvalue weighted by atomic mass is 10.1. The Kier molecular flexibility index (Phi) is 6.14. The summed E-state index contributed by atoms with van der Waals surface area (Å²) in [7, 11) is 0. The monoisotopic (exact) mass is 421 g/mol. The molecule has 154 valence electrons. The van der Waals surface area contributed by atoms with E-state index in [0.717, 1.165) is 38.2 Å². The zero-order valence-corrected chi connectivity index (χ0v) is 17.6. The number of fused-ring (bicyclic) bond motifs is 1. The number of carboxylic acids is 1. The quantitative estimate of drug-likeness (QED) is 0.526. The van der Waals surface area contributed by atoms with Crippen LogP contribution in [0.1, 0.15) is 30.9 Å². The molecule has 0 saturated carbocycles. The number of benzene rings is 2. The SMILES string of the molecule is CC1=C(CCOc2ccc(CCC(=O)O)c3sccc23)N=C(c2ccccc2)OC1. The first-order valence-corrected chi connectivity index (χ1v) is 10.8. The van der Waals surface area contributed by atoms with Crippen LogP contribution in [0.5, 0.6) is 5.75 Å². The molecule has 3 aromatic rings. The highest BCUT2D eigenvalue weighted by molar-refractivity contribution is 7.17. The second-order valence-electron chi connectivity index (χ2n) is 7.18. The first kappa shape index (κ1) is 20.2. The molecule has 2 heterocycles. The van der Waals surface area contributed by atoms with Crippen molar-refractivity contribution in [1.29, 1.82) is 0 Å². The molecule has 0 spiro atoms. The van der Waals surface area contributed by atoms with E-state index < -0.39 is 5.97 Å². The molecular formula is C24H23NO4S. The second kappa shape index (κ2) is 9.13. The van der Waals surface area contributed by atoms with Gasteiger partial charge in [-0.3, -0.25) is 4.79 Å². The molecule has 4 rings (SSSR count). The van der Waals surface area contributed by atoms with Gasteiger partial charge in [-0.15, -0.1) is 11.3 Å². The van der Waals surface area contributed by atoms with E-state index in [0.29, 0.717) is 32.0 Å². The van der Waals surface area contributed by atoms with Gasteiger partial charge in [-0.1, -0.05) is 24.3 Å². The average molecular weight is 422 g/mol. The van der Waals surface area contributed by atoms with Crippen molar-refractivity contribution in [2.45, 2.75) is 26.2 Å². The molecule has 0 amide bonds. The molecule has 1 aliphatic rings. The summed E-state index contributed by atoms with van der Waals surface area (Å²) in [5.41, 5.74) is 4.14. The lowest BCUT2D eigenvalue weighted by molar-refractivity contribution is -0.136. The van der Waals surface area contributed by atoms with Gasteiger partial charge in [0.05, 0.1) is 12.3 Å². The fraction of sp³-hybridized carbons (Fsp3) is 0.250. The molecule has 0 atom stereocenters. The van der Waals surface area contributed by atoms with Gasteiger partial charge >= 0.3 is 5.97 Å². The number of hydrogen-bond acceptors (Lipinski definition) is 5. The zero-order chi connectivity index (χ0) is 20.9. The molecule has 0 aliphatic carbocycles. The molecule has 1 aliphatic heterocycles. The number of thiophene rings is 1. The van der Waals surface area contributed by atoms with E-state index in [1.165, 1.54) is 0 Å². The van der Waals surface area contributed by atoms with Crippen molar-refractivity contribution < 1.29 is 19.4 Å². The summed E-state index contributed by atoms with van der Waals surface area (Å²) in [4.78, 5) is 15.6. The second-order valence-corrected chi connectivity index (χ2v) is 8.09. The van der Waals surface area contributed by atoms with Gasteiger partial charge in [0, 0.05) is 28.5 Å². The van der Waals surface area contributed by atoms with E-state index in [-0.39, 0.29) is 6.42 Å². The summed E-state index contributed by atoms with van der Waals surface area (Å²) in [5.74, 6) is 0.692. The third kappa shape index (κ3) is 4.54. The summed E-state index contributed by atoms with van der Waals surface area (Å²) in [5, 5.41) is 12.0. The van der Waals surface area contributed by atoms with Gasteiger partial charge < -0.3 is 14.6 Å². The Morgan fingerprint density at radius 1 is 1.17 bits per heavy atom. The van der Waals surface area contributed by atoms with Crippen molar-refractivity contribution in [3.05, 3.63) is 76.3 Å². The number of carbonyl (C=O) groups is 1. The highest BCUT2D eigenvalue weighted by atomic mass is 32.1. The number of nitrogens with zero attached hydrogens (tertiary/aromatic N) is 1. The van der Waals surface area contributed by atoms with E-state index in [4.69, 9.17) is 19.6 Å². The average Bonchev–Trinajstić information content (AvgIpc) is 3.25. The maximum absolute atomic E-state index is 10.9. The summed E-state index contributed by atoms with van der Waals surface area (Å²) in [6.07, 6.45) is 1.35. The molecule has 0 saturated heterocycles. The highest BCUT2D eigenvalue weighted by Gasteiger charge is 2.15. The third-order valence-electron chi connectivity index (χ3n) is 5.04. The van der Waals surface area contributed by atoms with Crippen LogP contribution in [-0.2, 0) is 16.0 Å². The summed E-state index contributed by atoms with van der Waals surface area (Å²) < 4.78 is 13.0. The molecular weight excluding hydrogens is 398 g/mol. The van der Waals surface area contributed by atoms with E-state index in [1.807, 2.05) is 60.8 Å². The van der Waals surface area contributed by atoms with E-state index in [2.05, 4.69) is 0 Å². The largest absolute Gasteiger partial charge is 0.493 e. The number of carboxylic acid groups (broad SMARTS) is 1. The van der Waals surface area contributed by atoms with Gasteiger partial charge in [-0.25, -0.2) is 4.99 Å². The van der Waals surface area contributed by atoms with E-state index in [1.54, 1.807) is 11.3 Å². The van der Waals surface area contributed by atoms with Gasteiger partial charge in [0.15, 0.2) is 0 Å². The molecule has 1 N–H and O–H groups in total. The minimum absolute atomic E-state index is 0.129. The summed E-state index contributed by atoms with van der Waals surface area (Å²) in [6, 6.07) is 15.9. The van der Waals surface area contributed by atoms with Crippen LogP contribution in [0.25, 0.3) is 10.1 Å². The van der Waals surface area contributed by atoms with Crippen molar-refractivity contribution in [3.8, 4) is 5.75 Å². The van der Waals surface area contributed by atoms with Crippen molar-refractivity contribution >= 4 is 33.3 Å². The lowest BCUT2D eigenvalue weighted by Gasteiger charge is -2.19. The van der Waals surface area contributed by atoms with Gasteiger partial charge in [0.25, 0.3) is 0 Å². The summed E-state index contributed by atoms with van der Waals surface area (Å²) >= 11 is 1.62. The molecule has 6 heteroatoms. The predicted molar refractivity (Wildman–Crippen MR) is 120 cm³/mol. The molecule has 5 nitrogen and oxygen atoms in total. The van der Waals surface area contributed by atoms with Crippen molar-refractivity contribution in [1.82, 2.24) is 0 Å². The number of ether oxygens (including phenoxy) is 2. The maximum atomic E-state index is 10.9. The van der Waals surface area contributed by atoms with Crippen LogP contribution >= 0.6 is 11.3 Å².